The molecule has 0 saturated heterocycles. The van der Waals surface area contributed by atoms with Crippen molar-refractivity contribution in [1.82, 2.24) is 5.32 Å². The number of amides is 1. The van der Waals surface area contributed by atoms with Crippen molar-refractivity contribution in [2.75, 3.05) is 0 Å². The Balaban J connectivity index is 2.20. The Labute approximate surface area is 125 Å². The van der Waals surface area contributed by atoms with Crippen molar-refractivity contribution in [2.45, 2.75) is 71.3 Å². The van der Waals surface area contributed by atoms with Crippen LogP contribution in [0.25, 0.3) is 0 Å². The molecule has 0 radical (unpaired) electrons. The van der Waals surface area contributed by atoms with Gasteiger partial charge in [-0.2, -0.15) is 0 Å². The van der Waals surface area contributed by atoms with Crippen LogP contribution >= 0.6 is 0 Å². The van der Waals surface area contributed by atoms with Gasteiger partial charge in [0.05, 0.1) is 0 Å². The van der Waals surface area contributed by atoms with Crippen molar-refractivity contribution in [2.24, 2.45) is 0 Å². The third-order valence-electron chi connectivity index (χ3n) is 4.29. The minimum Gasteiger partial charge on any atom is -0.427 e. The maximum absolute atomic E-state index is 12.3. The lowest BCUT2D eigenvalue weighted by molar-refractivity contribution is 0.0932. The Bertz CT molecular complexity index is 556. The normalized spacial score (nSPS) is 16.9. The Hall–Kier alpha value is -1.58. The van der Waals surface area contributed by atoms with Crippen molar-refractivity contribution in [3.8, 4) is 0 Å². The van der Waals surface area contributed by atoms with Crippen molar-refractivity contribution in [3.63, 3.8) is 0 Å². The van der Waals surface area contributed by atoms with Crippen LogP contribution in [-0.2, 0) is 0 Å². The predicted molar refractivity (Wildman–Crippen MR) is 82.8 cm³/mol. The first kappa shape index (κ1) is 15.8. The molecule has 1 heterocycles. The van der Waals surface area contributed by atoms with Crippen LogP contribution in [0, 0.1) is 6.92 Å². The highest BCUT2D eigenvalue weighted by molar-refractivity contribution is 5.95. The fraction of sp³-hybridized carbons (Fsp3) is 0.647. The number of carbonyl (C=O) groups excluding carboxylic acids is 1. The van der Waals surface area contributed by atoms with E-state index >= 15 is 0 Å². The minimum atomic E-state index is -0.511. The van der Waals surface area contributed by atoms with E-state index in [1.165, 1.54) is 0 Å². The second-order valence-electron chi connectivity index (χ2n) is 6.14. The molecular formula is C17H25NO3. The van der Waals surface area contributed by atoms with Crippen LogP contribution in [0.2, 0.25) is 0 Å². The van der Waals surface area contributed by atoms with Gasteiger partial charge in [-0.25, -0.2) is 4.79 Å². The van der Waals surface area contributed by atoms with Crippen LogP contribution in [0.15, 0.2) is 15.3 Å². The zero-order chi connectivity index (χ0) is 15.4. The first-order valence-corrected chi connectivity index (χ1v) is 7.98. The zero-order valence-electron chi connectivity index (χ0n) is 13.2. The molecule has 21 heavy (non-hydrogen) atoms. The quantitative estimate of drug-likeness (QED) is 0.903. The maximum Gasteiger partial charge on any atom is 0.349 e. The molecule has 1 aromatic heterocycles. The Morgan fingerprint density at radius 1 is 1.43 bits per heavy atom. The van der Waals surface area contributed by atoms with Crippen LogP contribution in [-0.4, -0.2) is 11.9 Å². The summed E-state index contributed by atoms with van der Waals surface area (Å²) in [5.74, 6) is 0.591. The molecule has 1 atom stereocenters. The van der Waals surface area contributed by atoms with Gasteiger partial charge in [0.15, 0.2) is 0 Å². The molecule has 1 amide bonds. The van der Waals surface area contributed by atoms with E-state index in [1.807, 2.05) is 19.9 Å². The van der Waals surface area contributed by atoms with Crippen LogP contribution in [0.4, 0.5) is 0 Å². The first-order chi connectivity index (χ1) is 10.0. The Morgan fingerprint density at radius 2 is 2.10 bits per heavy atom. The molecular weight excluding hydrogens is 266 g/mol. The molecule has 1 N–H and O–H groups in total. The van der Waals surface area contributed by atoms with Gasteiger partial charge in [0.1, 0.15) is 11.3 Å². The van der Waals surface area contributed by atoms with Crippen LogP contribution in [0.3, 0.4) is 0 Å². The average Bonchev–Trinajstić information content (AvgIpc) is 2.90. The molecule has 1 saturated carbocycles. The van der Waals surface area contributed by atoms with Crippen LogP contribution in [0.5, 0.6) is 0 Å². The van der Waals surface area contributed by atoms with Gasteiger partial charge in [-0.1, -0.05) is 33.1 Å². The summed E-state index contributed by atoms with van der Waals surface area (Å²) in [4.78, 5) is 24.4. The van der Waals surface area contributed by atoms with E-state index in [0.717, 1.165) is 38.5 Å². The van der Waals surface area contributed by atoms with Gasteiger partial charge in [0.25, 0.3) is 5.91 Å². The molecule has 0 aromatic carbocycles. The molecule has 1 unspecified atom stereocenters. The Morgan fingerprint density at radius 3 is 2.67 bits per heavy atom. The molecule has 1 aliphatic rings. The van der Waals surface area contributed by atoms with Crippen LogP contribution in [0.1, 0.15) is 80.0 Å². The Kier molecular flexibility index (Phi) is 5.21. The van der Waals surface area contributed by atoms with Gasteiger partial charge in [-0.05, 0) is 37.8 Å². The van der Waals surface area contributed by atoms with E-state index in [1.54, 1.807) is 0 Å². The lowest BCUT2D eigenvalue weighted by Gasteiger charge is -2.14. The highest BCUT2D eigenvalue weighted by Gasteiger charge is 2.23. The lowest BCUT2D eigenvalue weighted by Crippen LogP contribution is -2.36. The maximum atomic E-state index is 12.3. The molecule has 0 aliphatic heterocycles. The smallest absolute Gasteiger partial charge is 0.349 e. The third-order valence-corrected chi connectivity index (χ3v) is 4.29. The van der Waals surface area contributed by atoms with Crippen molar-refractivity contribution in [1.29, 1.82) is 0 Å². The highest BCUT2D eigenvalue weighted by Crippen LogP contribution is 2.22. The summed E-state index contributed by atoms with van der Waals surface area (Å²) in [6.07, 6.45) is 6.30. The second-order valence-corrected chi connectivity index (χ2v) is 6.14. The summed E-state index contributed by atoms with van der Waals surface area (Å²) in [6.45, 7) is 5.95. The van der Waals surface area contributed by atoms with Gasteiger partial charge in [0, 0.05) is 12.0 Å². The van der Waals surface area contributed by atoms with E-state index in [0.29, 0.717) is 11.3 Å². The van der Waals surface area contributed by atoms with Gasteiger partial charge in [-0.3, -0.25) is 4.79 Å². The fourth-order valence-corrected chi connectivity index (χ4v) is 3.05. The number of rotatable bonds is 5. The predicted octanol–water partition coefficient (Wildman–Crippen LogP) is 3.52. The molecule has 1 aromatic rings. The SMILES string of the molecule is CCCC(C)c1cc(C)c(C(=O)NC2CCCC2)c(=O)o1. The minimum absolute atomic E-state index is 0.161. The topological polar surface area (TPSA) is 59.3 Å². The fourth-order valence-electron chi connectivity index (χ4n) is 3.05. The second kappa shape index (κ2) is 6.92. The molecule has 4 heteroatoms. The summed E-state index contributed by atoms with van der Waals surface area (Å²) in [7, 11) is 0. The van der Waals surface area contributed by atoms with Crippen molar-refractivity contribution < 1.29 is 9.21 Å². The van der Waals surface area contributed by atoms with E-state index in [9.17, 15) is 9.59 Å². The molecule has 116 valence electrons. The molecule has 4 nitrogen and oxygen atoms in total. The van der Waals surface area contributed by atoms with Crippen molar-refractivity contribution in [3.05, 3.63) is 33.4 Å². The summed E-state index contributed by atoms with van der Waals surface area (Å²) in [5, 5.41) is 2.95. The molecule has 2 rings (SSSR count). The van der Waals surface area contributed by atoms with E-state index in [2.05, 4.69) is 12.2 Å². The van der Waals surface area contributed by atoms with Gasteiger partial charge in [-0.15, -0.1) is 0 Å². The summed E-state index contributed by atoms with van der Waals surface area (Å²) >= 11 is 0. The highest BCUT2D eigenvalue weighted by atomic mass is 16.4. The average molecular weight is 291 g/mol. The molecule has 1 fully saturated rings. The third kappa shape index (κ3) is 3.74. The zero-order valence-corrected chi connectivity index (χ0v) is 13.2. The van der Waals surface area contributed by atoms with E-state index in [-0.39, 0.29) is 23.4 Å². The molecule has 0 spiro atoms. The standard InChI is InChI=1S/C17H25NO3/c1-4-7-11(2)14-10-12(3)15(17(20)21-14)16(19)18-13-8-5-6-9-13/h10-11,13H,4-9H2,1-3H3,(H,18,19). The van der Waals surface area contributed by atoms with Gasteiger partial charge in [0.2, 0.25) is 0 Å². The van der Waals surface area contributed by atoms with Gasteiger partial charge >= 0.3 is 5.63 Å². The molecule has 1 aliphatic carbocycles. The molecule has 0 bridgehead atoms. The van der Waals surface area contributed by atoms with E-state index < -0.39 is 5.63 Å². The number of aryl methyl sites for hydroxylation is 1. The van der Waals surface area contributed by atoms with Crippen molar-refractivity contribution >= 4 is 5.91 Å². The number of carbonyl (C=O) groups is 1. The lowest BCUT2D eigenvalue weighted by atomic mass is 10.0. The monoisotopic (exact) mass is 291 g/mol. The summed E-state index contributed by atoms with van der Waals surface area (Å²) in [6, 6.07) is 2.04. The number of nitrogens with one attached hydrogen (secondary N) is 1. The largest absolute Gasteiger partial charge is 0.427 e. The summed E-state index contributed by atoms with van der Waals surface area (Å²) in [5.41, 5.74) is 0.359. The summed E-state index contributed by atoms with van der Waals surface area (Å²) < 4.78 is 5.37. The van der Waals surface area contributed by atoms with E-state index in [4.69, 9.17) is 4.42 Å². The number of hydrogen-bond donors (Lipinski definition) is 1. The number of hydrogen-bond acceptors (Lipinski definition) is 3. The first-order valence-electron chi connectivity index (χ1n) is 7.98. The van der Waals surface area contributed by atoms with Gasteiger partial charge < -0.3 is 9.73 Å². The van der Waals surface area contributed by atoms with Crippen LogP contribution < -0.4 is 10.9 Å².